The summed E-state index contributed by atoms with van der Waals surface area (Å²) in [6.45, 7) is 7.93. The number of nitrogens with two attached hydrogens (primary N) is 1. The molecule has 1 aliphatic rings. The number of hydrogen-bond acceptors (Lipinski definition) is 3. The van der Waals surface area contributed by atoms with Gasteiger partial charge >= 0.3 is 0 Å². The van der Waals surface area contributed by atoms with Crippen molar-refractivity contribution in [3.63, 3.8) is 0 Å². The van der Waals surface area contributed by atoms with Crippen molar-refractivity contribution in [1.29, 1.82) is 0 Å². The van der Waals surface area contributed by atoms with Crippen LogP contribution in [0, 0.1) is 5.92 Å². The molecule has 0 spiro atoms. The Morgan fingerprint density at radius 2 is 2.00 bits per heavy atom. The van der Waals surface area contributed by atoms with Crippen molar-refractivity contribution < 1.29 is 0 Å². The molecular weight excluding hydrogens is 216 g/mol. The molecule has 1 aliphatic heterocycles. The summed E-state index contributed by atoms with van der Waals surface area (Å²) in [6.07, 6.45) is 5.39. The molecule has 0 saturated carbocycles. The predicted octanol–water partition coefficient (Wildman–Crippen LogP) is 2.58. The SMILES string of the molecule is CCSCCC(CN)N1CCC(CC)CC1. The minimum atomic E-state index is 0.636. The van der Waals surface area contributed by atoms with E-state index in [1.165, 1.54) is 50.3 Å². The first-order chi connectivity index (χ1) is 7.81. The number of hydrogen-bond donors (Lipinski definition) is 1. The third kappa shape index (κ3) is 4.64. The maximum absolute atomic E-state index is 5.90. The van der Waals surface area contributed by atoms with Crippen LogP contribution in [-0.4, -0.2) is 42.1 Å². The molecule has 1 rings (SSSR count). The third-order valence-electron chi connectivity index (χ3n) is 3.81. The van der Waals surface area contributed by atoms with Crippen LogP contribution in [0.3, 0.4) is 0 Å². The van der Waals surface area contributed by atoms with Gasteiger partial charge in [-0.15, -0.1) is 0 Å². The first-order valence-electron chi connectivity index (χ1n) is 6.83. The summed E-state index contributed by atoms with van der Waals surface area (Å²) in [5.74, 6) is 3.47. The number of nitrogens with zero attached hydrogens (tertiary/aromatic N) is 1. The van der Waals surface area contributed by atoms with E-state index in [4.69, 9.17) is 5.73 Å². The Balaban J connectivity index is 2.25. The van der Waals surface area contributed by atoms with Crippen molar-refractivity contribution in [3.8, 4) is 0 Å². The van der Waals surface area contributed by atoms with E-state index in [0.29, 0.717) is 6.04 Å². The van der Waals surface area contributed by atoms with Gasteiger partial charge in [-0.25, -0.2) is 0 Å². The largest absolute Gasteiger partial charge is 0.329 e. The molecule has 0 amide bonds. The van der Waals surface area contributed by atoms with Crippen LogP contribution >= 0.6 is 11.8 Å². The molecule has 96 valence electrons. The summed E-state index contributed by atoms with van der Waals surface area (Å²) in [5.41, 5.74) is 5.90. The van der Waals surface area contributed by atoms with Crippen LogP contribution in [0.25, 0.3) is 0 Å². The van der Waals surface area contributed by atoms with E-state index in [9.17, 15) is 0 Å². The van der Waals surface area contributed by atoms with Gasteiger partial charge in [0.05, 0.1) is 0 Å². The van der Waals surface area contributed by atoms with E-state index in [0.717, 1.165) is 12.5 Å². The molecule has 16 heavy (non-hydrogen) atoms. The minimum Gasteiger partial charge on any atom is -0.329 e. The number of piperidine rings is 1. The van der Waals surface area contributed by atoms with Crippen LogP contribution in [0.2, 0.25) is 0 Å². The lowest BCUT2D eigenvalue weighted by molar-refractivity contribution is 0.131. The lowest BCUT2D eigenvalue weighted by atomic mass is 9.93. The Morgan fingerprint density at radius 1 is 1.31 bits per heavy atom. The van der Waals surface area contributed by atoms with E-state index in [2.05, 4.69) is 18.7 Å². The number of likely N-dealkylation sites (tertiary alicyclic amines) is 1. The topological polar surface area (TPSA) is 29.3 Å². The Bertz CT molecular complexity index is 165. The molecular formula is C13H28N2S. The highest BCUT2D eigenvalue weighted by Crippen LogP contribution is 2.22. The molecule has 0 bridgehead atoms. The van der Waals surface area contributed by atoms with Crippen LogP contribution < -0.4 is 5.73 Å². The Morgan fingerprint density at radius 3 is 2.50 bits per heavy atom. The normalized spacial score (nSPS) is 21.2. The first-order valence-corrected chi connectivity index (χ1v) is 7.99. The van der Waals surface area contributed by atoms with E-state index < -0.39 is 0 Å². The predicted molar refractivity (Wildman–Crippen MR) is 75.0 cm³/mol. The van der Waals surface area contributed by atoms with Gasteiger partial charge in [-0.1, -0.05) is 20.3 Å². The third-order valence-corrected chi connectivity index (χ3v) is 4.75. The quantitative estimate of drug-likeness (QED) is 0.698. The summed E-state index contributed by atoms with van der Waals surface area (Å²) >= 11 is 2.04. The summed E-state index contributed by atoms with van der Waals surface area (Å²) in [5, 5.41) is 0. The number of thioether (sulfide) groups is 1. The van der Waals surface area contributed by atoms with Crippen LogP contribution in [0.5, 0.6) is 0 Å². The maximum atomic E-state index is 5.90. The summed E-state index contributed by atoms with van der Waals surface area (Å²) in [4.78, 5) is 2.63. The highest BCUT2D eigenvalue weighted by atomic mass is 32.2. The van der Waals surface area contributed by atoms with E-state index in [1.54, 1.807) is 0 Å². The van der Waals surface area contributed by atoms with Crippen molar-refractivity contribution in [3.05, 3.63) is 0 Å². The lowest BCUT2D eigenvalue weighted by Crippen LogP contribution is -2.45. The van der Waals surface area contributed by atoms with Crippen LogP contribution in [0.4, 0.5) is 0 Å². The van der Waals surface area contributed by atoms with Gasteiger partial charge in [0.1, 0.15) is 0 Å². The maximum Gasteiger partial charge on any atom is 0.0226 e. The zero-order valence-electron chi connectivity index (χ0n) is 11.0. The highest BCUT2D eigenvalue weighted by molar-refractivity contribution is 7.99. The Hall–Kier alpha value is 0.270. The summed E-state index contributed by atoms with van der Waals surface area (Å²) < 4.78 is 0. The molecule has 0 aromatic rings. The highest BCUT2D eigenvalue weighted by Gasteiger charge is 2.22. The molecule has 0 aromatic heterocycles. The molecule has 0 radical (unpaired) electrons. The van der Waals surface area contributed by atoms with Crippen molar-refractivity contribution in [2.75, 3.05) is 31.1 Å². The monoisotopic (exact) mass is 244 g/mol. The van der Waals surface area contributed by atoms with Crippen LogP contribution in [0.15, 0.2) is 0 Å². The van der Waals surface area contributed by atoms with E-state index in [1.807, 2.05) is 11.8 Å². The number of rotatable bonds is 7. The summed E-state index contributed by atoms with van der Waals surface area (Å²) in [6, 6.07) is 0.636. The Labute approximate surface area is 105 Å². The molecule has 2 N–H and O–H groups in total. The van der Waals surface area contributed by atoms with Gasteiger partial charge < -0.3 is 5.73 Å². The second kappa shape index (κ2) is 8.37. The van der Waals surface area contributed by atoms with Gasteiger partial charge in [-0.2, -0.15) is 11.8 Å². The second-order valence-electron chi connectivity index (χ2n) is 4.76. The van der Waals surface area contributed by atoms with E-state index >= 15 is 0 Å². The van der Waals surface area contributed by atoms with Gasteiger partial charge in [-0.3, -0.25) is 4.90 Å². The average Bonchev–Trinajstić information content (AvgIpc) is 2.35. The van der Waals surface area contributed by atoms with Gasteiger partial charge in [-0.05, 0) is 49.8 Å². The van der Waals surface area contributed by atoms with Crippen molar-refractivity contribution in [2.45, 2.75) is 45.6 Å². The molecule has 1 fully saturated rings. The van der Waals surface area contributed by atoms with E-state index in [-0.39, 0.29) is 0 Å². The van der Waals surface area contributed by atoms with Crippen LogP contribution in [-0.2, 0) is 0 Å². The molecule has 1 unspecified atom stereocenters. The molecule has 1 saturated heterocycles. The first kappa shape index (κ1) is 14.3. The molecule has 0 aliphatic carbocycles. The zero-order valence-corrected chi connectivity index (χ0v) is 11.8. The molecule has 1 atom stereocenters. The molecule has 2 nitrogen and oxygen atoms in total. The molecule has 3 heteroatoms. The molecule has 0 aromatic carbocycles. The van der Waals surface area contributed by atoms with Crippen molar-refractivity contribution in [2.24, 2.45) is 11.7 Å². The average molecular weight is 244 g/mol. The standard InChI is InChI=1S/C13H28N2S/c1-3-12-5-8-15(9-6-12)13(11-14)7-10-16-4-2/h12-13H,3-11,14H2,1-2H3. The Kier molecular flexibility index (Phi) is 7.50. The zero-order chi connectivity index (χ0) is 11.8. The smallest absolute Gasteiger partial charge is 0.0226 e. The van der Waals surface area contributed by atoms with Crippen molar-refractivity contribution in [1.82, 2.24) is 4.90 Å². The second-order valence-corrected chi connectivity index (χ2v) is 6.16. The lowest BCUT2D eigenvalue weighted by Gasteiger charge is -2.37. The fourth-order valence-electron chi connectivity index (χ4n) is 2.54. The van der Waals surface area contributed by atoms with Crippen molar-refractivity contribution >= 4 is 11.8 Å². The fourth-order valence-corrected chi connectivity index (χ4v) is 3.27. The molecule has 1 heterocycles. The fraction of sp³-hybridized carbons (Fsp3) is 1.00. The minimum absolute atomic E-state index is 0.636. The summed E-state index contributed by atoms with van der Waals surface area (Å²) in [7, 11) is 0. The van der Waals surface area contributed by atoms with Crippen LogP contribution in [0.1, 0.15) is 39.5 Å². The van der Waals surface area contributed by atoms with Gasteiger partial charge in [0.15, 0.2) is 0 Å². The van der Waals surface area contributed by atoms with Gasteiger partial charge in [0, 0.05) is 12.6 Å². The van der Waals surface area contributed by atoms with Gasteiger partial charge in [0.25, 0.3) is 0 Å². The van der Waals surface area contributed by atoms with Gasteiger partial charge in [0.2, 0.25) is 0 Å².